The summed E-state index contributed by atoms with van der Waals surface area (Å²) in [6, 6.07) is 2.15. The molecule has 3 rings (SSSR count). The Hall–Kier alpha value is -2.24. The second-order valence-corrected chi connectivity index (χ2v) is 4.97. The van der Waals surface area contributed by atoms with Gasteiger partial charge < -0.3 is 10.1 Å². The number of nitrogens with zero attached hydrogens (tertiary/aromatic N) is 6. The lowest BCUT2D eigenvalue weighted by molar-refractivity contribution is -0.00354. The SMILES string of the molecule is CNc1nc(CN2CCOC(C#N)C2)nc2c1cnn2C. The van der Waals surface area contributed by atoms with Crippen molar-refractivity contribution in [2.24, 2.45) is 7.05 Å². The Bertz CT molecular complexity index is 690. The Labute approximate surface area is 122 Å². The average molecular weight is 287 g/mol. The molecule has 8 heteroatoms. The zero-order valence-electron chi connectivity index (χ0n) is 12.1. The van der Waals surface area contributed by atoms with Crippen molar-refractivity contribution in [2.45, 2.75) is 12.6 Å². The smallest absolute Gasteiger partial charge is 0.163 e. The van der Waals surface area contributed by atoms with Crippen LogP contribution in [-0.2, 0) is 18.3 Å². The van der Waals surface area contributed by atoms with Crippen LogP contribution in [0.3, 0.4) is 0 Å². The minimum Gasteiger partial charge on any atom is -0.372 e. The van der Waals surface area contributed by atoms with Gasteiger partial charge >= 0.3 is 0 Å². The molecule has 0 amide bonds. The Morgan fingerprint density at radius 1 is 1.52 bits per heavy atom. The zero-order chi connectivity index (χ0) is 14.8. The summed E-state index contributed by atoms with van der Waals surface area (Å²) in [7, 11) is 3.69. The van der Waals surface area contributed by atoms with E-state index in [0.717, 1.165) is 23.4 Å². The maximum absolute atomic E-state index is 8.95. The molecule has 1 atom stereocenters. The van der Waals surface area contributed by atoms with Gasteiger partial charge in [0.25, 0.3) is 0 Å². The molecule has 21 heavy (non-hydrogen) atoms. The van der Waals surface area contributed by atoms with E-state index >= 15 is 0 Å². The highest BCUT2D eigenvalue weighted by molar-refractivity contribution is 5.86. The fraction of sp³-hybridized carbons (Fsp3) is 0.538. The number of anilines is 1. The summed E-state index contributed by atoms with van der Waals surface area (Å²) in [5, 5.41) is 17.2. The molecule has 2 aromatic heterocycles. The minimum atomic E-state index is -0.372. The molecule has 1 aliphatic rings. The molecule has 110 valence electrons. The molecule has 0 bridgehead atoms. The number of rotatable bonds is 3. The van der Waals surface area contributed by atoms with Crippen molar-refractivity contribution in [1.29, 1.82) is 5.26 Å². The van der Waals surface area contributed by atoms with Gasteiger partial charge in [0.2, 0.25) is 0 Å². The van der Waals surface area contributed by atoms with Crippen LogP contribution in [-0.4, -0.2) is 57.5 Å². The zero-order valence-corrected chi connectivity index (χ0v) is 12.1. The molecule has 0 spiro atoms. The van der Waals surface area contributed by atoms with Crippen molar-refractivity contribution in [1.82, 2.24) is 24.6 Å². The Balaban J connectivity index is 1.87. The van der Waals surface area contributed by atoms with E-state index < -0.39 is 0 Å². The monoisotopic (exact) mass is 287 g/mol. The first-order valence-electron chi connectivity index (χ1n) is 6.81. The highest BCUT2D eigenvalue weighted by Crippen LogP contribution is 2.19. The summed E-state index contributed by atoms with van der Waals surface area (Å²) >= 11 is 0. The number of aromatic nitrogens is 4. The molecule has 1 aliphatic heterocycles. The van der Waals surface area contributed by atoms with Crippen molar-refractivity contribution >= 4 is 16.9 Å². The highest BCUT2D eigenvalue weighted by atomic mass is 16.5. The van der Waals surface area contributed by atoms with Crippen LogP contribution >= 0.6 is 0 Å². The number of nitrogens with one attached hydrogen (secondary N) is 1. The quantitative estimate of drug-likeness (QED) is 0.857. The van der Waals surface area contributed by atoms with Gasteiger partial charge in [0.15, 0.2) is 11.8 Å². The minimum absolute atomic E-state index is 0.372. The predicted octanol–water partition coefficient (Wildman–Crippen LogP) is 0.129. The number of hydrogen-bond acceptors (Lipinski definition) is 7. The lowest BCUT2D eigenvalue weighted by Gasteiger charge is -2.28. The topological polar surface area (TPSA) is 91.9 Å². The van der Waals surface area contributed by atoms with Gasteiger partial charge in [-0.25, -0.2) is 9.97 Å². The van der Waals surface area contributed by atoms with Crippen LogP contribution < -0.4 is 5.32 Å². The number of hydrogen-bond donors (Lipinski definition) is 1. The number of fused-ring (bicyclic) bond motifs is 1. The van der Waals surface area contributed by atoms with E-state index in [2.05, 4.69) is 31.4 Å². The molecule has 1 N–H and O–H groups in total. The van der Waals surface area contributed by atoms with Crippen molar-refractivity contribution < 1.29 is 4.74 Å². The second-order valence-electron chi connectivity index (χ2n) is 4.97. The van der Waals surface area contributed by atoms with Gasteiger partial charge in [-0.05, 0) is 0 Å². The van der Waals surface area contributed by atoms with Crippen LogP contribution in [0.5, 0.6) is 0 Å². The second kappa shape index (κ2) is 5.63. The average Bonchev–Trinajstić information content (AvgIpc) is 2.88. The molecular formula is C13H17N7O. The van der Waals surface area contributed by atoms with Gasteiger partial charge in [-0.15, -0.1) is 0 Å². The maximum atomic E-state index is 8.95. The van der Waals surface area contributed by atoms with Crippen LogP contribution in [0.1, 0.15) is 5.82 Å². The van der Waals surface area contributed by atoms with E-state index in [1.807, 2.05) is 14.1 Å². The van der Waals surface area contributed by atoms with E-state index in [1.54, 1.807) is 10.9 Å². The Kier molecular flexibility index (Phi) is 3.68. The standard InChI is InChI=1S/C13H17N7O/c1-15-12-10-6-16-19(2)13(10)18-11(17-12)8-20-3-4-21-9(5-14)7-20/h6,9H,3-4,7-8H2,1-2H3,(H,15,17,18). The summed E-state index contributed by atoms with van der Waals surface area (Å²) < 4.78 is 7.08. The lowest BCUT2D eigenvalue weighted by Crippen LogP contribution is -2.41. The molecule has 1 unspecified atom stereocenters. The number of ether oxygens (including phenoxy) is 1. The third-order valence-corrected chi connectivity index (χ3v) is 3.53. The third kappa shape index (κ3) is 2.66. The van der Waals surface area contributed by atoms with E-state index in [1.165, 1.54) is 0 Å². The lowest BCUT2D eigenvalue weighted by atomic mass is 10.3. The fourth-order valence-electron chi connectivity index (χ4n) is 2.45. The predicted molar refractivity (Wildman–Crippen MR) is 76.5 cm³/mol. The summed E-state index contributed by atoms with van der Waals surface area (Å²) in [6.45, 7) is 2.51. The molecule has 0 aromatic carbocycles. The Morgan fingerprint density at radius 3 is 3.14 bits per heavy atom. The van der Waals surface area contributed by atoms with Crippen molar-refractivity contribution in [2.75, 3.05) is 32.1 Å². The van der Waals surface area contributed by atoms with Crippen LogP contribution in [0.15, 0.2) is 6.20 Å². The molecule has 1 fully saturated rings. The third-order valence-electron chi connectivity index (χ3n) is 3.53. The van der Waals surface area contributed by atoms with Crippen LogP contribution in [0.2, 0.25) is 0 Å². The summed E-state index contributed by atoms with van der Waals surface area (Å²) in [5.41, 5.74) is 0.800. The first-order valence-corrected chi connectivity index (χ1v) is 6.81. The number of aryl methyl sites for hydroxylation is 1. The maximum Gasteiger partial charge on any atom is 0.163 e. The largest absolute Gasteiger partial charge is 0.372 e. The molecule has 8 nitrogen and oxygen atoms in total. The molecule has 3 heterocycles. The molecule has 1 saturated heterocycles. The summed E-state index contributed by atoms with van der Waals surface area (Å²) in [5.74, 6) is 1.49. The van der Waals surface area contributed by atoms with Crippen LogP contribution in [0, 0.1) is 11.3 Å². The molecule has 0 aliphatic carbocycles. The highest BCUT2D eigenvalue weighted by Gasteiger charge is 2.21. The van der Waals surface area contributed by atoms with Gasteiger partial charge in [0, 0.05) is 27.2 Å². The van der Waals surface area contributed by atoms with Crippen LogP contribution in [0.25, 0.3) is 11.0 Å². The van der Waals surface area contributed by atoms with Gasteiger partial charge in [-0.2, -0.15) is 10.4 Å². The first kappa shape index (κ1) is 13.7. The van der Waals surface area contributed by atoms with Gasteiger partial charge in [0.1, 0.15) is 11.6 Å². The van der Waals surface area contributed by atoms with E-state index in [4.69, 9.17) is 10.00 Å². The normalized spacial score (nSPS) is 19.6. The van der Waals surface area contributed by atoms with E-state index in [0.29, 0.717) is 25.5 Å². The molecule has 0 radical (unpaired) electrons. The fourth-order valence-corrected chi connectivity index (χ4v) is 2.45. The van der Waals surface area contributed by atoms with Crippen molar-refractivity contribution in [3.8, 4) is 6.07 Å². The molecule has 2 aromatic rings. The van der Waals surface area contributed by atoms with E-state index in [9.17, 15) is 0 Å². The van der Waals surface area contributed by atoms with Crippen LogP contribution in [0.4, 0.5) is 5.82 Å². The van der Waals surface area contributed by atoms with Crippen molar-refractivity contribution in [3.63, 3.8) is 0 Å². The van der Waals surface area contributed by atoms with Gasteiger partial charge in [-0.1, -0.05) is 0 Å². The summed E-state index contributed by atoms with van der Waals surface area (Å²) in [6.07, 6.45) is 1.38. The summed E-state index contributed by atoms with van der Waals surface area (Å²) in [4.78, 5) is 11.2. The molecular weight excluding hydrogens is 270 g/mol. The van der Waals surface area contributed by atoms with E-state index in [-0.39, 0.29) is 6.10 Å². The van der Waals surface area contributed by atoms with Gasteiger partial charge in [-0.3, -0.25) is 9.58 Å². The van der Waals surface area contributed by atoms with Gasteiger partial charge in [0.05, 0.1) is 30.8 Å². The first-order chi connectivity index (χ1) is 10.2. The van der Waals surface area contributed by atoms with Crippen molar-refractivity contribution in [3.05, 3.63) is 12.0 Å². The Morgan fingerprint density at radius 2 is 2.38 bits per heavy atom. The molecule has 0 saturated carbocycles. The number of morpholine rings is 1. The number of nitriles is 1.